The summed E-state index contributed by atoms with van der Waals surface area (Å²) in [5.41, 5.74) is -0.536. The molecular weight excluding hydrogens is 220 g/mol. The molecule has 0 bridgehead atoms. The molecule has 0 aromatic carbocycles. The highest BCUT2D eigenvalue weighted by molar-refractivity contribution is 5.68. The second-order valence-corrected chi connectivity index (χ2v) is 5.44. The van der Waals surface area contributed by atoms with Crippen LogP contribution < -0.4 is 0 Å². The van der Waals surface area contributed by atoms with Gasteiger partial charge in [0.05, 0.1) is 18.6 Å². The lowest BCUT2D eigenvalue weighted by molar-refractivity contribution is -0.218. The van der Waals surface area contributed by atoms with Crippen LogP contribution in [0.5, 0.6) is 0 Å². The van der Waals surface area contributed by atoms with Gasteiger partial charge in [0, 0.05) is 19.1 Å². The number of carboxylic acid groups (broad SMARTS) is 1. The molecule has 1 saturated carbocycles. The molecule has 1 aliphatic carbocycles. The van der Waals surface area contributed by atoms with Crippen LogP contribution in [-0.2, 0) is 14.3 Å². The van der Waals surface area contributed by atoms with Gasteiger partial charge in [-0.1, -0.05) is 6.42 Å². The Morgan fingerprint density at radius 2 is 2.06 bits per heavy atom. The molecule has 1 saturated heterocycles. The fourth-order valence-corrected chi connectivity index (χ4v) is 3.46. The van der Waals surface area contributed by atoms with Gasteiger partial charge in [-0.05, 0) is 32.1 Å². The number of carbonyl (C=O) groups is 1. The summed E-state index contributed by atoms with van der Waals surface area (Å²) in [4.78, 5) is 11.1. The lowest BCUT2D eigenvalue weighted by atomic mass is 9.55. The first-order chi connectivity index (χ1) is 8.14. The van der Waals surface area contributed by atoms with Gasteiger partial charge in [-0.3, -0.25) is 4.79 Å². The van der Waals surface area contributed by atoms with Crippen molar-refractivity contribution in [3.8, 4) is 0 Å². The van der Waals surface area contributed by atoms with Crippen molar-refractivity contribution in [2.45, 2.75) is 50.5 Å². The van der Waals surface area contributed by atoms with Gasteiger partial charge in [0.15, 0.2) is 0 Å². The molecule has 1 aliphatic heterocycles. The zero-order valence-electron chi connectivity index (χ0n) is 10.5. The molecule has 0 spiro atoms. The van der Waals surface area contributed by atoms with Gasteiger partial charge in [-0.25, -0.2) is 0 Å². The van der Waals surface area contributed by atoms with Crippen molar-refractivity contribution in [3.63, 3.8) is 0 Å². The first kappa shape index (κ1) is 12.8. The van der Waals surface area contributed by atoms with E-state index in [0.717, 1.165) is 45.1 Å². The van der Waals surface area contributed by atoms with Crippen LogP contribution in [-0.4, -0.2) is 37.0 Å². The van der Waals surface area contributed by atoms with Gasteiger partial charge < -0.3 is 14.6 Å². The van der Waals surface area contributed by atoms with Crippen LogP contribution in [0.3, 0.4) is 0 Å². The van der Waals surface area contributed by atoms with Crippen molar-refractivity contribution < 1.29 is 19.4 Å². The van der Waals surface area contributed by atoms with Crippen molar-refractivity contribution in [1.82, 2.24) is 0 Å². The van der Waals surface area contributed by atoms with Crippen LogP contribution >= 0.6 is 0 Å². The summed E-state index contributed by atoms with van der Waals surface area (Å²) in [6.07, 6.45) is 6.39. The highest BCUT2D eigenvalue weighted by Gasteiger charge is 2.57. The molecular formula is C13H22O4. The first-order valence-corrected chi connectivity index (χ1v) is 6.49. The van der Waals surface area contributed by atoms with E-state index in [1.807, 2.05) is 0 Å². The van der Waals surface area contributed by atoms with Gasteiger partial charge >= 0.3 is 5.97 Å². The molecule has 1 N–H and O–H groups in total. The molecule has 4 heteroatoms. The van der Waals surface area contributed by atoms with E-state index in [-0.39, 0.29) is 17.4 Å². The van der Waals surface area contributed by atoms with Crippen LogP contribution in [0.2, 0.25) is 0 Å². The normalized spacial score (nSPS) is 31.8. The summed E-state index contributed by atoms with van der Waals surface area (Å²) >= 11 is 0. The molecule has 0 aromatic rings. The molecule has 2 fully saturated rings. The third kappa shape index (κ3) is 2.20. The van der Waals surface area contributed by atoms with Crippen molar-refractivity contribution in [2.75, 3.05) is 20.3 Å². The Bertz CT molecular complexity index is 272. The Labute approximate surface area is 102 Å². The lowest BCUT2D eigenvalue weighted by Gasteiger charge is -2.56. The monoisotopic (exact) mass is 242 g/mol. The maximum absolute atomic E-state index is 11.1. The summed E-state index contributed by atoms with van der Waals surface area (Å²) in [5, 5.41) is 9.13. The Balaban J connectivity index is 2.19. The van der Waals surface area contributed by atoms with E-state index in [1.165, 1.54) is 0 Å². The minimum atomic E-state index is -0.714. The highest BCUT2D eigenvalue weighted by Crippen LogP contribution is 2.56. The third-order valence-electron chi connectivity index (χ3n) is 4.50. The van der Waals surface area contributed by atoms with Crippen molar-refractivity contribution in [3.05, 3.63) is 0 Å². The highest BCUT2D eigenvalue weighted by atomic mass is 16.5. The number of rotatable bonds is 5. The lowest BCUT2D eigenvalue weighted by Crippen LogP contribution is -2.59. The SMILES string of the molecule is COCC1(C2(CC(=O)O)CCC2)CCCCO1. The number of carboxylic acids is 1. The van der Waals surface area contributed by atoms with E-state index >= 15 is 0 Å². The van der Waals surface area contributed by atoms with E-state index in [4.69, 9.17) is 14.6 Å². The van der Waals surface area contributed by atoms with Crippen molar-refractivity contribution in [2.24, 2.45) is 5.41 Å². The van der Waals surface area contributed by atoms with Crippen LogP contribution in [0.15, 0.2) is 0 Å². The van der Waals surface area contributed by atoms with Crippen LogP contribution in [0.1, 0.15) is 44.9 Å². The van der Waals surface area contributed by atoms with E-state index in [0.29, 0.717) is 6.61 Å². The van der Waals surface area contributed by atoms with Crippen LogP contribution in [0.4, 0.5) is 0 Å². The molecule has 2 aliphatic rings. The predicted octanol–water partition coefficient (Wildman–Crippen LogP) is 2.22. The summed E-state index contributed by atoms with van der Waals surface area (Å²) in [6.45, 7) is 1.27. The summed E-state index contributed by atoms with van der Waals surface area (Å²) in [7, 11) is 1.67. The van der Waals surface area contributed by atoms with Gasteiger partial charge in [0.2, 0.25) is 0 Å². The van der Waals surface area contributed by atoms with Gasteiger partial charge in [-0.2, -0.15) is 0 Å². The molecule has 0 radical (unpaired) electrons. The van der Waals surface area contributed by atoms with Crippen molar-refractivity contribution >= 4 is 5.97 Å². The van der Waals surface area contributed by atoms with Crippen LogP contribution in [0, 0.1) is 5.41 Å². The quantitative estimate of drug-likeness (QED) is 0.803. The summed E-state index contributed by atoms with van der Waals surface area (Å²) in [5.74, 6) is -0.714. The maximum atomic E-state index is 11.1. The average molecular weight is 242 g/mol. The molecule has 1 heterocycles. The topological polar surface area (TPSA) is 55.8 Å². The van der Waals surface area contributed by atoms with Crippen LogP contribution in [0.25, 0.3) is 0 Å². The molecule has 0 amide bonds. The number of hydrogen-bond donors (Lipinski definition) is 1. The molecule has 4 nitrogen and oxygen atoms in total. The Morgan fingerprint density at radius 1 is 1.29 bits per heavy atom. The average Bonchev–Trinajstić information content (AvgIpc) is 2.25. The smallest absolute Gasteiger partial charge is 0.304 e. The molecule has 98 valence electrons. The van der Waals surface area contributed by atoms with E-state index in [1.54, 1.807) is 7.11 Å². The van der Waals surface area contributed by atoms with E-state index in [9.17, 15) is 4.79 Å². The Morgan fingerprint density at radius 3 is 2.47 bits per heavy atom. The Hall–Kier alpha value is -0.610. The molecule has 17 heavy (non-hydrogen) atoms. The third-order valence-corrected chi connectivity index (χ3v) is 4.50. The minimum absolute atomic E-state index is 0.185. The van der Waals surface area contributed by atoms with E-state index < -0.39 is 5.97 Å². The largest absolute Gasteiger partial charge is 0.481 e. The van der Waals surface area contributed by atoms with Gasteiger partial charge in [0.1, 0.15) is 0 Å². The molecule has 1 atom stereocenters. The fourth-order valence-electron chi connectivity index (χ4n) is 3.46. The summed E-state index contributed by atoms with van der Waals surface area (Å²) < 4.78 is 11.4. The fraction of sp³-hybridized carbons (Fsp3) is 0.923. The zero-order chi connectivity index (χ0) is 12.4. The minimum Gasteiger partial charge on any atom is -0.481 e. The molecule has 1 unspecified atom stereocenters. The van der Waals surface area contributed by atoms with Gasteiger partial charge in [-0.15, -0.1) is 0 Å². The zero-order valence-corrected chi connectivity index (χ0v) is 10.5. The maximum Gasteiger partial charge on any atom is 0.304 e. The molecule has 2 rings (SSSR count). The number of methoxy groups -OCH3 is 1. The molecule has 0 aromatic heterocycles. The van der Waals surface area contributed by atoms with Crippen molar-refractivity contribution in [1.29, 1.82) is 0 Å². The first-order valence-electron chi connectivity index (χ1n) is 6.49. The van der Waals surface area contributed by atoms with Gasteiger partial charge in [0.25, 0.3) is 0 Å². The second kappa shape index (κ2) is 4.94. The predicted molar refractivity (Wildman–Crippen MR) is 62.9 cm³/mol. The second-order valence-electron chi connectivity index (χ2n) is 5.44. The summed E-state index contributed by atoms with van der Waals surface area (Å²) in [6, 6.07) is 0. The van der Waals surface area contributed by atoms with E-state index in [2.05, 4.69) is 0 Å². The number of aliphatic carboxylic acids is 1. The Kier molecular flexibility index (Phi) is 3.73. The standard InChI is InChI=1S/C13H22O4/c1-16-10-13(7-2-3-8-17-13)12(5-4-6-12)9-11(14)15/h2-10H2,1H3,(H,14,15). The number of ether oxygens (including phenoxy) is 2. The number of hydrogen-bond acceptors (Lipinski definition) is 3.